The highest BCUT2D eigenvalue weighted by molar-refractivity contribution is 5.76. The molecule has 146 valence electrons. The van der Waals surface area contributed by atoms with Crippen LogP contribution < -0.4 is 5.32 Å². The molecule has 1 fully saturated rings. The van der Waals surface area contributed by atoms with Crippen molar-refractivity contribution in [3.63, 3.8) is 0 Å². The van der Waals surface area contributed by atoms with E-state index in [1.165, 1.54) is 5.56 Å². The predicted octanol–water partition coefficient (Wildman–Crippen LogP) is 3.08. The molecule has 0 unspecified atom stereocenters. The third kappa shape index (κ3) is 5.89. The number of aryl methyl sites for hydroxylation is 1. The SMILES string of the molecule is CC(C)(C)c1noc(CN2CCC(NC(=O)CCc3ccccc3)CC2)n1. The van der Waals surface area contributed by atoms with Crippen LogP contribution in [0.25, 0.3) is 0 Å². The third-order valence-electron chi connectivity index (χ3n) is 4.93. The van der Waals surface area contributed by atoms with E-state index in [1.54, 1.807) is 0 Å². The minimum Gasteiger partial charge on any atom is -0.353 e. The van der Waals surface area contributed by atoms with Crippen LogP contribution in [0.3, 0.4) is 0 Å². The maximum absolute atomic E-state index is 12.2. The number of benzene rings is 1. The van der Waals surface area contributed by atoms with Crippen molar-refractivity contribution in [1.82, 2.24) is 20.4 Å². The standard InChI is InChI=1S/C21H30N4O2/c1-21(2,3)20-23-19(27-24-20)15-25-13-11-17(12-14-25)22-18(26)10-9-16-7-5-4-6-8-16/h4-8,17H,9-15H2,1-3H3,(H,22,26). The minimum absolute atomic E-state index is 0.0984. The summed E-state index contributed by atoms with van der Waals surface area (Å²) in [5.74, 6) is 1.56. The molecule has 6 nitrogen and oxygen atoms in total. The highest BCUT2D eigenvalue weighted by Gasteiger charge is 2.24. The first kappa shape index (κ1) is 19.5. The van der Waals surface area contributed by atoms with Crippen molar-refractivity contribution >= 4 is 5.91 Å². The Labute approximate surface area is 161 Å². The van der Waals surface area contributed by atoms with E-state index in [4.69, 9.17) is 4.52 Å². The Balaban J connectivity index is 1.38. The first-order chi connectivity index (χ1) is 12.9. The van der Waals surface area contributed by atoms with E-state index in [9.17, 15) is 4.79 Å². The van der Waals surface area contributed by atoms with Gasteiger partial charge >= 0.3 is 0 Å². The van der Waals surface area contributed by atoms with Crippen LogP contribution >= 0.6 is 0 Å². The number of hydrogen-bond donors (Lipinski definition) is 1. The number of hydrogen-bond acceptors (Lipinski definition) is 5. The van der Waals surface area contributed by atoms with Crippen LogP contribution in [0, 0.1) is 0 Å². The van der Waals surface area contributed by atoms with Crippen molar-refractivity contribution in [2.75, 3.05) is 13.1 Å². The summed E-state index contributed by atoms with van der Waals surface area (Å²) < 4.78 is 5.39. The fourth-order valence-corrected chi connectivity index (χ4v) is 3.25. The number of likely N-dealkylation sites (tertiary alicyclic amines) is 1. The highest BCUT2D eigenvalue weighted by Crippen LogP contribution is 2.20. The summed E-state index contributed by atoms with van der Waals surface area (Å²) in [4.78, 5) is 19.0. The summed E-state index contributed by atoms with van der Waals surface area (Å²) in [6, 6.07) is 10.4. The van der Waals surface area contributed by atoms with Gasteiger partial charge in [-0.3, -0.25) is 9.69 Å². The number of nitrogens with one attached hydrogen (secondary N) is 1. The average molecular weight is 370 g/mol. The second-order valence-electron chi connectivity index (χ2n) is 8.37. The molecule has 1 aliphatic rings. The summed E-state index contributed by atoms with van der Waals surface area (Å²) in [5, 5.41) is 7.26. The Hall–Kier alpha value is -2.21. The van der Waals surface area contributed by atoms with Gasteiger partial charge in [-0.2, -0.15) is 4.98 Å². The lowest BCUT2D eigenvalue weighted by Crippen LogP contribution is -2.44. The minimum atomic E-state index is -0.0984. The summed E-state index contributed by atoms with van der Waals surface area (Å²) in [6.07, 6.45) is 3.25. The monoisotopic (exact) mass is 370 g/mol. The van der Waals surface area contributed by atoms with E-state index in [2.05, 4.69) is 53.3 Å². The zero-order valence-corrected chi connectivity index (χ0v) is 16.6. The Kier molecular flexibility index (Phi) is 6.26. The largest absolute Gasteiger partial charge is 0.353 e. The molecule has 0 aliphatic carbocycles. The lowest BCUT2D eigenvalue weighted by atomic mass is 9.96. The molecule has 6 heteroatoms. The Morgan fingerprint density at radius 3 is 2.56 bits per heavy atom. The number of nitrogens with zero attached hydrogens (tertiary/aromatic N) is 3. The number of carbonyl (C=O) groups excluding carboxylic acids is 1. The van der Waals surface area contributed by atoms with Crippen LogP contribution in [0.15, 0.2) is 34.9 Å². The van der Waals surface area contributed by atoms with Crippen molar-refractivity contribution in [3.05, 3.63) is 47.6 Å². The number of rotatable bonds is 6. The van der Waals surface area contributed by atoms with E-state index in [-0.39, 0.29) is 17.4 Å². The van der Waals surface area contributed by atoms with E-state index >= 15 is 0 Å². The lowest BCUT2D eigenvalue weighted by Gasteiger charge is -2.31. The first-order valence-electron chi connectivity index (χ1n) is 9.79. The van der Waals surface area contributed by atoms with Gasteiger partial charge in [0.15, 0.2) is 5.82 Å². The molecule has 1 aromatic heterocycles. The van der Waals surface area contributed by atoms with Crippen molar-refractivity contribution in [2.24, 2.45) is 0 Å². The molecule has 0 bridgehead atoms. The molecule has 1 aliphatic heterocycles. The van der Waals surface area contributed by atoms with Gasteiger partial charge in [0.1, 0.15) is 0 Å². The third-order valence-corrected chi connectivity index (χ3v) is 4.93. The molecular formula is C21H30N4O2. The van der Waals surface area contributed by atoms with E-state index in [1.807, 2.05) is 18.2 Å². The quantitative estimate of drug-likeness (QED) is 0.846. The fourth-order valence-electron chi connectivity index (χ4n) is 3.25. The maximum Gasteiger partial charge on any atom is 0.240 e. The zero-order valence-electron chi connectivity index (χ0n) is 16.6. The molecule has 0 atom stereocenters. The van der Waals surface area contributed by atoms with Crippen LogP contribution in [0.4, 0.5) is 0 Å². The van der Waals surface area contributed by atoms with Crippen molar-refractivity contribution < 1.29 is 9.32 Å². The molecule has 27 heavy (non-hydrogen) atoms. The normalized spacial score (nSPS) is 16.4. The highest BCUT2D eigenvalue weighted by atomic mass is 16.5. The van der Waals surface area contributed by atoms with E-state index < -0.39 is 0 Å². The van der Waals surface area contributed by atoms with Gasteiger partial charge in [-0.05, 0) is 24.8 Å². The Bertz CT molecular complexity index is 728. The summed E-state index contributed by atoms with van der Waals surface area (Å²) in [7, 11) is 0. The van der Waals surface area contributed by atoms with Crippen LogP contribution in [-0.2, 0) is 23.2 Å². The second kappa shape index (κ2) is 8.65. The number of aromatic nitrogens is 2. The molecule has 0 spiro atoms. The summed E-state index contributed by atoms with van der Waals surface area (Å²) in [5.41, 5.74) is 1.11. The van der Waals surface area contributed by atoms with Crippen LogP contribution in [-0.4, -0.2) is 40.1 Å². The van der Waals surface area contributed by atoms with Gasteiger partial charge in [0, 0.05) is 31.0 Å². The second-order valence-corrected chi connectivity index (χ2v) is 8.37. The average Bonchev–Trinajstić information content (AvgIpc) is 3.12. The van der Waals surface area contributed by atoms with E-state index in [0.717, 1.165) is 38.2 Å². The van der Waals surface area contributed by atoms with Crippen LogP contribution in [0.1, 0.15) is 57.3 Å². The zero-order chi connectivity index (χ0) is 19.3. The van der Waals surface area contributed by atoms with Crippen LogP contribution in [0.2, 0.25) is 0 Å². The van der Waals surface area contributed by atoms with E-state index in [0.29, 0.717) is 18.9 Å². The first-order valence-corrected chi connectivity index (χ1v) is 9.79. The van der Waals surface area contributed by atoms with Gasteiger partial charge < -0.3 is 9.84 Å². The van der Waals surface area contributed by atoms with Crippen molar-refractivity contribution in [3.8, 4) is 0 Å². The van der Waals surface area contributed by atoms with Gasteiger partial charge in [-0.25, -0.2) is 0 Å². The topological polar surface area (TPSA) is 71.3 Å². The molecule has 2 heterocycles. The Morgan fingerprint density at radius 2 is 1.93 bits per heavy atom. The maximum atomic E-state index is 12.2. The summed E-state index contributed by atoms with van der Waals surface area (Å²) >= 11 is 0. The molecule has 0 saturated carbocycles. The van der Waals surface area contributed by atoms with Crippen molar-refractivity contribution in [2.45, 2.75) is 64.5 Å². The molecule has 2 aromatic rings. The van der Waals surface area contributed by atoms with Gasteiger partial charge in [-0.1, -0.05) is 56.3 Å². The predicted molar refractivity (Wildman–Crippen MR) is 104 cm³/mol. The van der Waals surface area contributed by atoms with Gasteiger partial charge in [0.25, 0.3) is 0 Å². The van der Waals surface area contributed by atoms with Crippen LogP contribution in [0.5, 0.6) is 0 Å². The smallest absolute Gasteiger partial charge is 0.240 e. The Morgan fingerprint density at radius 1 is 1.22 bits per heavy atom. The fraction of sp³-hybridized carbons (Fsp3) is 0.571. The van der Waals surface area contributed by atoms with Gasteiger partial charge in [0.05, 0.1) is 6.54 Å². The molecule has 1 aromatic carbocycles. The molecule has 1 saturated heterocycles. The number of piperidine rings is 1. The van der Waals surface area contributed by atoms with Gasteiger partial charge in [-0.15, -0.1) is 0 Å². The molecular weight excluding hydrogens is 340 g/mol. The summed E-state index contributed by atoms with van der Waals surface area (Å²) in [6.45, 7) is 8.76. The van der Waals surface area contributed by atoms with Crippen molar-refractivity contribution in [1.29, 1.82) is 0 Å². The van der Waals surface area contributed by atoms with Gasteiger partial charge in [0.2, 0.25) is 11.8 Å². The molecule has 3 rings (SSSR count). The molecule has 0 radical (unpaired) electrons. The molecule has 1 N–H and O–H groups in total. The number of amides is 1. The lowest BCUT2D eigenvalue weighted by molar-refractivity contribution is -0.122. The molecule has 1 amide bonds. The number of carbonyl (C=O) groups is 1.